The lowest BCUT2D eigenvalue weighted by molar-refractivity contribution is 0.0698. The van der Waals surface area contributed by atoms with E-state index in [9.17, 15) is 4.79 Å². The summed E-state index contributed by atoms with van der Waals surface area (Å²) in [5, 5.41) is 12.5. The highest BCUT2D eigenvalue weighted by Crippen LogP contribution is 2.23. The van der Waals surface area contributed by atoms with E-state index < -0.39 is 5.97 Å². The molecule has 0 heterocycles. The van der Waals surface area contributed by atoms with Crippen LogP contribution in [0.1, 0.15) is 48.9 Å². The minimum Gasteiger partial charge on any atom is -0.478 e. The summed E-state index contributed by atoms with van der Waals surface area (Å²) in [5.74, 6) is -0.860. The molecule has 2 rings (SSSR count). The zero-order valence-corrected chi connectivity index (χ0v) is 9.98. The molecule has 3 heteroatoms. The number of rotatable bonds is 3. The first-order chi connectivity index (χ1) is 8.27. The highest BCUT2D eigenvalue weighted by molar-refractivity contribution is 5.94. The highest BCUT2D eigenvalue weighted by Gasteiger charge is 2.15. The molecule has 0 radical (unpaired) electrons. The Kier molecular flexibility index (Phi) is 4.02. The average Bonchev–Trinajstić information content (AvgIpc) is 2.58. The molecule has 0 saturated heterocycles. The lowest BCUT2D eigenvalue weighted by Crippen LogP contribution is -2.20. The molecule has 92 valence electrons. The largest absolute Gasteiger partial charge is 0.478 e. The number of para-hydroxylation sites is 1. The number of aromatic carboxylic acids is 1. The van der Waals surface area contributed by atoms with Gasteiger partial charge in [0.05, 0.1) is 5.56 Å². The van der Waals surface area contributed by atoms with Gasteiger partial charge in [-0.05, 0) is 25.0 Å². The van der Waals surface area contributed by atoms with Crippen LogP contribution in [0.2, 0.25) is 0 Å². The van der Waals surface area contributed by atoms with Gasteiger partial charge in [-0.1, -0.05) is 37.8 Å². The third kappa shape index (κ3) is 3.22. The van der Waals surface area contributed by atoms with Crippen molar-refractivity contribution < 1.29 is 9.90 Å². The second kappa shape index (κ2) is 5.71. The Balaban J connectivity index is 2.09. The summed E-state index contributed by atoms with van der Waals surface area (Å²) in [7, 11) is 0. The number of carboxylic acids is 1. The number of anilines is 1. The van der Waals surface area contributed by atoms with E-state index in [1.165, 1.54) is 25.7 Å². The van der Waals surface area contributed by atoms with E-state index in [1.54, 1.807) is 12.1 Å². The van der Waals surface area contributed by atoms with E-state index >= 15 is 0 Å². The summed E-state index contributed by atoms with van der Waals surface area (Å²) >= 11 is 0. The zero-order valence-electron chi connectivity index (χ0n) is 9.98. The van der Waals surface area contributed by atoms with E-state index in [0.29, 0.717) is 11.6 Å². The minimum atomic E-state index is -0.860. The van der Waals surface area contributed by atoms with Crippen LogP contribution in [-0.4, -0.2) is 17.1 Å². The van der Waals surface area contributed by atoms with Gasteiger partial charge in [0, 0.05) is 11.7 Å². The van der Waals surface area contributed by atoms with E-state index in [4.69, 9.17) is 5.11 Å². The molecule has 1 aromatic rings. The smallest absolute Gasteiger partial charge is 0.337 e. The lowest BCUT2D eigenvalue weighted by atomic mass is 10.1. The van der Waals surface area contributed by atoms with Crippen LogP contribution in [-0.2, 0) is 0 Å². The van der Waals surface area contributed by atoms with Gasteiger partial charge in [0.15, 0.2) is 0 Å². The molecule has 1 aromatic carbocycles. The average molecular weight is 233 g/mol. The van der Waals surface area contributed by atoms with Crippen LogP contribution in [0, 0.1) is 0 Å². The maximum absolute atomic E-state index is 11.1. The maximum Gasteiger partial charge on any atom is 0.337 e. The fourth-order valence-corrected chi connectivity index (χ4v) is 2.44. The summed E-state index contributed by atoms with van der Waals surface area (Å²) in [4.78, 5) is 11.1. The molecule has 0 aliphatic heterocycles. The van der Waals surface area contributed by atoms with E-state index in [2.05, 4.69) is 5.32 Å². The molecule has 2 N–H and O–H groups in total. The lowest BCUT2D eigenvalue weighted by Gasteiger charge is -2.18. The molecule has 1 aliphatic carbocycles. The summed E-state index contributed by atoms with van der Waals surface area (Å²) in [5.41, 5.74) is 1.13. The van der Waals surface area contributed by atoms with E-state index in [0.717, 1.165) is 18.5 Å². The summed E-state index contributed by atoms with van der Waals surface area (Å²) in [6.45, 7) is 0. The van der Waals surface area contributed by atoms with Crippen LogP contribution in [0.3, 0.4) is 0 Å². The van der Waals surface area contributed by atoms with Crippen LogP contribution in [0.25, 0.3) is 0 Å². The number of hydrogen-bond donors (Lipinski definition) is 2. The standard InChI is InChI=1S/C14H19NO2/c16-14(17)12-9-5-6-10-13(12)15-11-7-3-1-2-4-8-11/h5-6,9-11,15H,1-4,7-8H2,(H,16,17). The molecule has 1 saturated carbocycles. The molecule has 0 bridgehead atoms. The van der Waals surface area contributed by atoms with Crippen molar-refractivity contribution in [3.8, 4) is 0 Å². The van der Waals surface area contributed by atoms with Crippen LogP contribution in [0.15, 0.2) is 24.3 Å². The Morgan fingerprint density at radius 2 is 1.76 bits per heavy atom. The quantitative estimate of drug-likeness (QED) is 0.785. The van der Waals surface area contributed by atoms with Gasteiger partial charge >= 0.3 is 5.97 Å². The van der Waals surface area contributed by atoms with Gasteiger partial charge in [0.1, 0.15) is 0 Å². The Labute approximate surface area is 102 Å². The molecule has 1 fully saturated rings. The summed E-state index contributed by atoms with van der Waals surface area (Å²) < 4.78 is 0. The molecular weight excluding hydrogens is 214 g/mol. The van der Waals surface area contributed by atoms with Gasteiger partial charge < -0.3 is 10.4 Å². The number of nitrogens with one attached hydrogen (secondary N) is 1. The Morgan fingerprint density at radius 3 is 2.41 bits per heavy atom. The van der Waals surface area contributed by atoms with E-state index in [-0.39, 0.29) is 0 Å². The van der Waals surface area contributed by atoms with Crippen molar-refractivity contribution in [1.82, 2.24) is 0 Å². The second-order valence-corrected chi connectivity index (χ2v) is 4.68. The molecular formula is C14H19NO2. The Morgan fingerprint density at radius 1 is 1.12 bits per heavy atom. The van der Waals surface area contributed by atoms with Crippen molar-refractivity contribution in [2.45, 2.75) is 44.6 Å². The number of hydrogen-bond acceptors (Lipinski definition) is 2. The highest BCUT2D eigenvalue weighted by atomic mass is 16.4. The van der Waals surface area contributed by atoms with Crippen molar-refractivity contribution in [3.05, 3.63) is 29.8 Å². The molecule has 0 atom stereocenters. The normalized spacial score (nSPS) is 17.4. The first kappa shape index (κ1) is 12.0. The van der Waals surface area contributed by atoms with Crippen LogP contribution >= 0.6 is 0 Å². The minimum absolute atomic E-state index is 0.372. The number of carboxylic acid groups (broad SMARTS) is 1. The predicted molar refractivity (Wildman–Crippen MR) is 68.5 cm³/mol. The molecule has 0 unspecified atom stereocenters. The zero-order chi connectivity index (χ0) is 12.1. The van der Waals surface area contributed by atoms with Crippen LogP contribution in [0.5, 0.6) is 0 Å². The van der Waals surface area contributed by atoms with E-state index in [1.807, 2.05) is 12.1 Å². The SMILES string of the molecule is O=C(O)c1ccccc1NC1CCCCCC1. The van der Waals surface area contributed by atoms with Crippen molar-refractivity contribution in [1.29, 1.82) is 0 Å². The fourth-order valence-electron chi connectivity index (χ4n) is 2.44. The maximum atomic E-state index is 11.1. The molecule has 3 nitrogen and oxygen atoms in total. The fraction of sp³-hybridized carbons (Fsp3) is 0.500. The summed E-state index contributed by atoms with van der Waals surface area (Å²) in [6, 6.07) is 7.58. The molecule has 0 aromatic heterocycles. The van der Waals surface area contributed by atoms with Crippen molar-refractivity contribution in [2.24, 2.45) is 0 Å². The Hall–Kier alpha value is -1.51. The second-order valence-electron chi connectivity index (χ2n) is 4.68. The van der Waals surface area contributed by atoms with Crippen molar-refractivity contribution in [3.63, 3.8) is 0 Å². The van der Waals surface area contributed by atoms with Gasteiger partial charge in [-0.2, -0.15) is 0 Å². The van der Waals surface area contributed by atoms with Crippen molar-refractivity contribution in [2.75, 3.05) is 5.32 Å². The van der Waals surface area contributed by atoms with Crippen LogP contribution in [0.4, 0.5) is 5.69 Å². The van der Waals surface area contributed by atoms with Gasteiger partial charge in [0.2, 0.25) is 0 Å². The molecule has 17 heavy (non-hydrogen) atoms. The first-order valence-electron chi connectivity index (χ1n) is 6.36. The van der Waals surface area contributed by atoms with Crippen LogP contribution < -0.4 is 5.32 Å². The first-order valence-corrected chi connectivity index (χ1v) is 6.36. The topological polar surface area (TPSA) is 49.3 Å². The van der Waals surface area contributed by atoms with Gasteiger partial charge in [0.25, 0.3) is 0 Å². The third-order valence-electron chi connectivity index (χ3n) is 3.37. The van der Waals surface area contributed by atoms with Crippen molar-refractivity contribution >= 4 is 11.7 Å². The van der Waals surface area contributed by atoms with Gasteiger partial charge in [-0.3, -0.25) is 0 Å². The monoisotopic (exact) mass is 233 g/mol. The van der Waals surface area contributed by atoms with Gasteiger partial charge in [-0.25, -0.2) is 4.79 Å². The van der Waals surface area contributed by atoms with Gasteiger partial charge in [-0.15, -0.1) is 0 Å². The molecule has 0 amide bonds. The number of carbonyl (C=O) groups is 1. The Bertz CT molecular complexity index is 382. The summed E-state index contributed by atoms with van der Waals surface area (Å²) in [6.07, 6.45) is 7.39. The molecule has 1 aliphatic rings. The number of benzene rings is 1. The third-order valence-corrected chi connectivity index (χ3v) is 3.37. The molecule has 0 spiro atoms. The predicted octanol–water partition coefficient (Wildman–Crippen LogP) is 3.52.